The van der Waals surface area contributed by atoms with Gasteiger partial charge < -0.3 is 4.52 Å². The van der Waals surface area contributed by atoms with Gasteiger partial charge in [-0.05, 0) is 24.3 Å². The molecular formula is C14H18FN3O3S. The van der Waals surface area contributed by atoms with Crippen molar-refractivity contribution < 1.29 is 17.3 Å². The van der Waals surface area contributed by atoms with Crippen LogP contribution in [0.15, 0.2) is 33.7 Å². The van der Waals surface area contributed by atoms with E-state index in [9.17, 15) is 12.8 Å². The molecule has 0 fully saturated rings. The maximum atomic E-state index is 12.9. The van der Waals surface area contributed by atoms with Crippen molar-refractivity contribution in [3.05, 3.63) is 41.8 Å². The van der Waals surface area contributed by atoms with Gasteiger partial charge in [0.1, 0.15) is 5.82 Å². The number of rotatable bonds is 4. The molecule has 1 heterocycles. The molecule has 8 heteroatoms. The summed E-state index contributed by atoms with van der Waals surface area (Å²) < 4.78 is 43.9. The Bertz CT molecular complexity index is 748. The van der Waals surface area contributed by atoms with Gasteiger partial charge in [0.25, 0.3) is 0 Å². The Labute approximate surface area is 129 Å². The van der Waals surface area contributed by atoms with Gasteiger partial charge >= 0.3 is 0 Å². The first kappa shape index (κ1) is 16.6. The third kappa shape index (κ3) is 3.50. The minimum Gasteiger partial charge on any atom is -0.339 e. The minimum absolute atomic E-state index is 0.0101. The van der Waals surface area contributed by atoms with E-state index in [0.29, 0.717) is 5.89 Å². The highest BCUT2D eigenvalue weighted by Crippen LogP contribution is 2.21. The van der Waals surface area contributed by atoms with Gasteiger partial charge in [-0.25, -0.2) is 12.8 Å². The summed E-state index contributed by atoms with van der Waals surface area (Å²) in [6.45, 7) is 5.73. The summed E-state index contributed by atoms with van der Waals surface area (Å²) in [5, 5.41) is 3.79. The van der Waals surface area contributed by atoms with Crippen molar-refractivity contribution in [1.82, 2.24) is 14.4 Å². The van der Waals surface area contributed by atoms with Crippen molar-refractivity contribution in [2.75, 3.05) is 7.05 Å². The molecule has 0 unspecified atom stereocenters. The molecule has 0 bridgehead atoms. The van der Waals surface area contributed by atoms with Crippen molar-refractivity contribution in [1.29, 1.82) is 0 Å². The first-order chi connectivity index (χ1) is 10.1. The number of nitrogens with zero attached hydrogens (tertiary/aromatic N) is 3. The minimum atomic E-state index is -3.74. The molecule has 0 saturated carbocycles. The standard InChI is InChI=1S/C14H18FN3O3S/c1-14(2,3)13-16-12(17-21-13)9-18(4)22(19,20)11-7-5-10(15)6-8-11/h5-8H,9H2,1-4H3. The lowest BCUT2D eigenvalue weighted by atomic mass is 9.97. The van der Waals surface area contributed by atoms with E-state index < -0.39 is 15.8 Å². The molecule has 2 rings (SSSR count). The molecule has 6 nitrogen and oxygen atoms in total. The molecule has 0 amide bonds. The molecule has 0 aliphatic heterocycles. The summed E-state index contributed by atoms with van der Waals surface area (Å²) in [6.07, 6.45) is 0. The maximum Gasteiger partial charge on any atom is 0.243 e. The van der Waals surface area contributed by atoms with Crippen LogP contribution in [0.4, 0.5) is 4.39 Å². The zero-order chi connectivity index (χ0) is 16.5. The lowest BCUT2D eigenvalue weighted by Crippen LogP contribution is -2.27. The third-order valence-corrected chi connectivity index (χ3v) is 4.81. The number of hydrogen-bond donors (Lipinski definition) is 0. The van der Waals surface area contributed by atoms with Gasteiger partial charge in [-0.2, -0.15) is 9.29 Å². The molecule has 120 valence electrons. The van der Waals surface area contributed by atoms with Gasteiger partial charge in [0.2, 0.25) is 15.9 Å². The molecule has 0 N–H and O–H groups in total. The average molecular weight is 327 g/mol. The van der Waals surface area contributed by atoms with Crippen LogP contribution in [0.25, 0.3) is 0 Å². The second kappa shape index (κ2) is 5.77. The van der Waals surface area contributed by atoms with E-state index in [2.05, 4.69) is 10.1 Å². The monoisotopic (exact) mass is 327 g/mol. The highest BCUT2D eigenvalue weighted by Gasteiger charge is 2.25. The fourth-order valence-electron chi connectivity index (χ4n) is 1.69. The number of benzene rings is 1. The van der Waals surface area contributed by atoms with E-state index in [4.69, 9.17) is 4.52 Å². The topological polar surface area (TPSA) is 76.3 Å². The van der Waals surface area contributed by atoms with Crippen LogP contribution in [0.5, 0.6) is 0 Å². The van der Waals surface area contributed by atoms with Crippen LogP contribution in [0.3, 0.4) is 0 Å². The zero-order valence-electron chi connectivity index (χ0n) is 12.9. The van der Waals surface area contributed by atoms with Gasteiger partial charge in [0, 0.05) is 12.5 Å². The lowest BCUT2D eigenvalue weighted by Gasteiger charge is -2.15. The Morgan fingerprint density at radius 1 is 1.23 bits per heavy atom. The molecular weight excluding hydrogens is 309 g/mol. The van der Waals surface area contributed by atoms with Crippen LogP contribution in [-0.2, 0) is 22.0 Å². The quantitative estimate of drug-likeness (QED) is 0.861. The van der Waals surface area contributed by atoms with Crippen molar-refractivity contribution in [3.63, 3.8) is 0 Å². The summed E-state index contributed by atoms with van der Waals surface area (Å²) in [5.41, 5.74) is -0.306. The number of aromatic nitrogens is 2. The molecule has 0 saturated heterocycles. The third-order valence-electron chi connectivity index (χ3n) is 3.00. The summed E-state index contributed by atoms with van der Waals surface area (Å²) in [7, 11) is -2.33. The Kier molecular flexibility index (Phi) is 4.35. The fraction of sp³-hybridized carbons (Fsp3) is 0.429. The van der Waals surface area contributed by atoms with Gasteiger partial charge in [0.15, 0.2) is 5.82 Å². The van der Waals surface area contributed by atoms with Crippen molar-refractivity contribution >= 4 is 10.0 Å². The van der Waals surface area contributed by atoms with E-state index >= 15 is 0 Å². The Balaban J connectivity index is 2.19. The van der Waals surface area contributed by atoms with E-state index in [1.54, 1.807) is 0 Å². The van der Waals surface area contributed by atoms with Crippen LogP contribution in [0.1, 0.15) is 32.5 Å². The Morgan fingerprint density at radius 2 is 1.82 bits per heavy atom. The summed E-state index contributed by atoms with van der Waals surface area (Å²) in [6, 6.07) is 4.65. The largest absolute Gasteiger partial charge is 0.339 e. The molecule has 0 spiro atoms. The van der Waals surface area contributed by atoms with E-state index in [1.165, 1.54) is 19.2 Å². The van der Waals surface area contributed by atoms with Crippen molar-refractivity contribution in [3.8, 4) is 0 Å². The number of halogens is 1. The highest BCUT2D eigenvalue weighted by molar-refractivity contribution is 7.89. The van der Waals surface area contributed by atoms with Crippen LogP contribution in [0.2, 0.25) is 0 Å². The first-order valence-corrected chi connectivity index (χ1v) is 8.09. The van der Waals surface area contributed by atoms with Gasteiger partial charge in [-0.1, -0.05) is 25.9 Å². The molecule has 0 aliphatic rings. The van der Waals surface area contributed by atoms with Crippen LogP contribution in [0, 0.1) is 5.82 Å². The SMILES string of the molecule is CN(Cc1noc(C(C)(C)C)n1)S(=O)(=O)c1ccc(F)cc1. The molecule has 22 heavy (non-hydrogen) atoms. The van der Waals surface area contributed by atoms with E-state index in [1.807, 2.05) is 20.8 Å². The average Bonchev–Trinajstić information content (AvgIpc) is 2.87. The normalized spacial score (nSPS) is 12.8. The second-order valence-corrected chi connectivity index (χ2v) is 8.03. The maximum absolute atomic E-state index is 12.9. The number of sulfonamides is 1. The number of hydrogen-bond acceptors (Lipinski definition) is 5. The summed E-state index contributed by atoms with van der Waals surface area (Å²) in [5.74, 6) is 0.225. The van der Waals surface area contributed by atoms with Crippen molar-refractivity contribution in [2.24, 2.45) is 0 Å². The molecule has 1 aromatic heterocycles. The predicted octanol–water partition coefficient (Wildman–Crippen LogP) is 2.33. The van der Waals surface area contributed by atoms with Crippen LogP contribution < -0.4 is 0 Å². The van der Waals surface area contributed by atoms with Gasteiger partial charge in [-0.3, -0.25) is 0 Å². The van der Waals surface area contributed by atoms with Gasteiger partial charge in [0.05, 0.1) is 11.4 Å². The highest BCUT2D eigenvalue weighted by atomic mass is 32.2. The smallest absolute Gasteiger partial charge is 0.243 e. The summed E-state index contributed by atoms with van der Waals surface area (Å²) in [4.78, 5) is 4.21. The van der Waals surface area contributed by atoms with E-state index in [0.717, 1.165) is 16.4 Å². The van der Waals surface area contributed by atoms with Crippen LogP contribution >= 0.6 is 0 Å². The van der Waals surface area contributed by atoms with Crippen molar-refractivity contribution in [2.45, 2.75) is 37.6 Å². The van der Waals surface area contributed by atoms with Gasteiger partial charge in [-0.15, -0.1) is 0 Å². The Morgan fingerprint density at radius 3 is 2.32 bits per heavy atom. The second-order valence-electron chi connectivity index (χ2n) is 5.98. The zero-order valence-corrected chi connectivity index (χ0v) is 13.7. The van der Waals surface area contributed by atoms with Crippen LogP contribution in [-0.4, -0.2) is 29.9 Å². The lowest BCUT2D eigenvalue weighted by molar-refractivity contribution is 0.316. The molecule has 0 atom stereocenters. The predicted molar refractivity (Wildman–Crippen MR) is 78.1 cm³/mol. The summed E-state index contributed by atoms with van der Waals surface area (Å²) >= 11 is 0. The molecule has 2 aromatic rings. The molecule has 0 radical (unpaired) electrons. The van der Waals surface area contributed by atoms with E-state index in [-0.39, 0.29) is 22.7 Å². The first-order valence-electron chi connectivity index (χ1n) is 6.65. The molecule has 1 aromatic carbocycles. The molecule has 0 aliphatic carbocycles. The fourth-order valence-corrected chi connectivity index (χ4v) is 2.82. The Hall–Kier alpha value is -1.80.